The summed E-state index contributed by atoms with van der Waals surface area (Å²) in [6.45, 7) is 1.70. The van der Waals surface area contributed by atoms with Gasteiger partial charge in [-0.2, -0.15) is 0 Å². The zero-order chi connectivity index (χ0) is 20.6. The van der Waals surface area contributed by atoms with Crippen LogP contribution in [0.2, 0.25) is 0 Å². The van der Waals surface area contributed by atoms with E-state index in [9.17, 15) is 29.6 Å². The van der Waals surface area contributed by atoms with E-state index in [4.69, 9.17) is 0 Å². The Morgan fingerprint density at radius 2 is 1.89 bits per heavy atom. The van der Waals surface area contributed by atoms with E-state index in [1.807, 2.05) is 0 Å². The van der Waals surface area contributed by atoms with Gasteiger partial charge in [-0.05, 0) is 48.4 Å². The van der Waals surface area contributed by atoms with Crippen molar-refractivity contribution < 1.29 is 24.4 Å². The highest BCUT2D eigenvalue weighted by atomic mass is 79.9. The van der Waals surface area contributed by atoms with Gasteiger partial charge in [0.05, 0.1) is 10.6 Å². The molecule has 2 aromatic carbocycles. The molecule has 0 atom stereocenters. The minimum atomic E-state index is -0.920. The van der Waals surface area contributed by atoms with Crippen molar-refractivity contribution in [1.29, 1.82) is 0 Å². The van der Waals surface area contributed by atoms with Gasteiger partial charge in [0.15, 0.2) is 5.75 Å². The number of nitrogens with one attached hydrogen (secondary N) is 1. The molecule has 0 bridgehead atoms. The monoisotopic (exact) mass is 445 g/mol. The number of halogens is 1. The number of phenols is 1. The summed E-state index contributed by atoms with van der Waals surface area (Å²) in [5, 5.41) is 22.6. The van der Waals surface area contributed by atoms with E-state index < -0.39 is 34.2 Å². The third-order valence-electron chi connectivity index (χ3n) is 4.01. The SMILES string of the molecule is Cc1cc(Br)ccc1N1C(=O)NC(=O)/C(=C\c2ccc(O)c([N+](=O)[O-])c2)C1=O. The van der Waals surface area contributed by atoms with Crippen LogP contribution in [0.3, 0.4) is 0 Å². The molecule has 3 rings (SSSR count). The summed E-state index contributed by atoms with van der Waals surface area (Å²) in [6, 6.07) is 7.42. The number of hydrogen-bond donors (Lipinski definition) is 2. The van der Waals surface area contributed by atoms with Crippen LogP contribution in [-0.2, 0) is 9.59 Å². The molecule has 2 aromatic rings. The number of phenolic OH excluding ortho intramolecular Hbond substituents is 1. The number of hydrogen-bond acceptors (Lipinski definition) is 6. The fourth-order valence-electron chi connectivity index (χ4n) is 2.69. The minimum Gasteiger partial charge on any atom is -0.502 e. The molecule has 0 aromatic heterocycles. The van der Waals surface area contributed by atoms with E-state index in [2.05, 4.69) is 21.2 Å². The first-order valence-electron chi connectivity index (χ1n) is 7.84. The summed E-state index contributed by atoms with van der Waals surface area (Å²) in [5.74, 6) is -2.33. The highest BCUT2D eigenvalue weighted by molar-refractivity contribution is 9.10. The fourth-order valence-corrected chi connectivity index (χ4v) is 3.16. The van der Waals surface area contributed by atoms with Crippen LogP contribution in [0.1, 0.15) is 11.1 Å². The standard InChI is InChI=1S/C18H12BrN3O6/c1-9-6-11(19)3-4-13(9)21-17(25)12(16(24)20-18(21)26)7-10-2-5-15(23)14(8-10)22(27)28/h2-8,23H,1H3,(H,20,24,26)/b12-7+. The van der Waals surface area contributed by atoms with Crippen LogP contribution < -0.4 is 10.2 Å². The molecule has 1 fully saturated rings. The number of aryl methyl sites for hydroxylation is 1. The lowest BCUT2D eigenvalue weighted by Gasteiger charge is -2.27. The van der Waals surface area contributed by atoms with E-state index in [1.165, 1.54) is 6.07 Å². The quantitative estimate of drug-likeness (QED) is 0.323. The van der Waals surface area contributed by atoms with Crippen molar-refractivity contribution in [2.24, 2.45) is 0 Å². The lowest BCUT2D eigenvalue weighted by Crippen LogP contribution is -2.54. The molecule has 4 amide bonds. The van der Waals surface area contributed by atoms with Gasteiger partial charge < -0.3 is 5.11 Å². The Kier molecular flexibility index (Phi) is 4.97. The molecule has 0 aliphatic carbocycles. The number of nitro benzene ring substituents is 1. The molecular formula is C18H12BrN3O6. The molecule has 1 aliphatic heterocycles. The van der Waals surface area contributed by atoms with Gasteiger partial charge in [-0.15, -0.1) is 0 Å². The summed E-state index contributed by atoms with van der Waals surface area (Å²) >= 11 is 3.30. The molecule has 1 saturated heterocycles. The van der Waals surface area contributed by atoms with Crippen molar-refractivity contribution >= 4 is 51.2 Å². The van der Waals surface area contributed by atoms with E-state index >= 15 is 0 Å². The van der Waals surface area contributed by atoms with Crippen molar-refractivity contribution in [3.8, 4) is 5.75 Å². The zero-order valence-corrected chi connectivity index (χ0v) is 15.9. The number of benzene rings is 2. The molecule has 0 spiro atoms. The van der Waals surface area contributed by atoms with E-state index in [0.717, 1.165) is 27.6 Å². The molecule has 1 heterocycles. The minimum absolute atomic E-state index is 0.143. The van der Waals surface area contributed by atoms with Crippen molar-refractivity contribution in [2.45, 2.75) is 6.92 Å². The lowest BCUT2D eigenvalue weighted by molar-refractivity contribution is -0.385. The topological polar surface area (TPSA) is 130 Å². The molecule has 142 valence electrons. The first kappa shape index (κ1) is 19.2. The molecule has 0 unspecified atom stereocenters. The number of carbonyl (C=O) groups excluding carboxylic acids is 3. The van der Waals surface area contributed by atoms with Crippen LogP contribution in [0.15, 0.2) is 46.4 Å². The zero-order valence-electron chi connectivity index (χ0n) is 14.3. The third kappa shape index (κ3) is 3.49. The number of aromatic hydroxyl groups is 1. The summed E-state index contributed by atoms with van der Waals surface area (Å²) in [7, 11) is 0. The summed E-state index contributed by atoms with van der Waals surface area (Å²) in [5.41, 5.74) is 0.106. The van der Waals surface area contributed by atoms with Gasteiger partial charge in [-0.25, -0.2) is 9.69 Å². The average Bonchev–Trinajstić information content (AvgIpc) is 2.61. The Balaban J connectivity index is 2.06. The Morgan fingerprint density at radius 3 is 2.54 bits per heavy atom. The van der Waals surface area contributed by atoms with Crippen molar-refractivity contribution in [1.82, 2.24) is 5.32 Å². The number of imide groups is 2. The maximum Gasteiger partial charge on any atom is 0.335 e. The second kappa shape index (κ2) is 7.24. The Morgan fingerprint density at radius 1 is 1.18 bits per heavy atom. The molecule has 0 saturated carbocycles. The van der Waals surface area contributed by atoms with Crippen LogP contribution in [0.5, 0.6) is 5.75 Å². The molecular weight excluding hydrogens is 434 g/mol. The van der Waals surface area contributed by atoms with E-state index in [1.54, 1.807) is 25.1 Å². The van der Waals surface area contributed by atoms with Crippen molar-refractivity contribution in [2.75, 3.05) is 4.90 Å². The number of carbonyl (C=O) groups is 3. The molecule has 2 N–H and O–H groups in total. The normalized spacial score (nSPS) is 15.7. The Bertz CT molecular complexity index is 1080. The van der Waals surface area contributed by atoms with Gasteiger partial charge in [0, 0.05) is 10.5 Å². The van der Waals surface area contributed by atoms with Gasteiger partial charge >= 0.3 is 11.7 Å². The second-order valence-electron chi connectivity index (χ2n) is 5.89. The van der Waals surface area contributed by atoms with Crippen LogP contribution in [0.25, 0.3) is 6.08 Å². The number of nitro groups is 1. The number of rotatable bonds is 3. The second-order valence-corrected chi connectivity index (χ2v) is 6.81. The predicted octanol–water partition coefficient (Wildman–Crippen LogP) is 3.04. The highest BCUT2D eigenvalue weighted by Gasteiger charge is 2.37. The Labute approximate surface area is 166 Å². The predicted molar refractivity (Wildman–Crippen MR) is 103 cm³/mol. The molecule has 1 aliphatic rings. The molecule has 9 nitrogen and oxygen atoms in total. The van der Waals surface area contributed by atoms with Gasteiger partial charge in [0.2, 0.25) is 0 Å². The first-order chi connectivity index (χ1) is 13.2. The molecule has 28 heavy (non-hydrogen) atoms. The summed E-state index contributed by atoms with van der Waals surface area (Å²) < 4.78 is 0.752. The molecule has 0 radical (unpaired) electrons. The van der Waals surface area contributed by atoms with Gasteiger partial charge in [0.1, 0.15) is 5.57 Å². The number of urea groups is 1. The van der Waals surface area contributed by atoms with E-state index in [-0.39, 0.29) is 11.1 Å². The van der Waals surface area contributed by atoms with Crippen LogP contribution in [0.4, 0.5) is 16.2 Å². The van der Waals surface area contributed by atoms with Crippen LogP contribution in [0, 0.1) is 17.0 Å². The van der Waals surface area contributed by atoms with Crippen LogP contribution >= 0.6 is 15.9 Å². The van der Waals surface area contributed by atoms with Crippen molar-refractivity contribution in [3.63, 3.8) is 0 Å². The summed E-state index contributed by atoms with van der Waals surface area (Å²) in [6.07, 6.45) is 1.12. The highest BCUT2D eigenvalue weighted by Crippen LogP contribution is 2.30. The number of amides is 4. The number of barbiturate groups is 1. The smallest absolute Gasteiger partial charge is 0.335 e. The maximum absolute atomic E-state index is 12.9. The van der Waals surface area contributed by atoms with Gasteiger partial charge in [0.25, 0.3) is 11.8 Å². The fraction of sp³-hybridized carbons (Fsp3) is 0.0556. The Hall–Kier alpha value is -3.53. The van der Waals surface area contributed by atoms with Gasteiger partial charge in [-0.1, -0.05) is 22.0 Å². The molecule has 10 heteroatoms. The van der Waals surface area contributed by atoms with Gasteiger partial charge in [-0.3, -0.25) is 25.0 Å². The first-order valence-corrected chi connectivity index (χ1v) is 8.63. The van der Waals surface area contributed by atoms with Crippen LogP contribution in [-0.4, -0.2) is 27.9 Å². The largest absolute Gasteiger partial charge is 0.502 e. The average molecular weight is 446 g/mol. The maximum atomic E-state index is 12.9. The van der Waals surface area contributed by atoms with E-state index in [0.29, 0.717) is 11.3 Å². The summed E-state index contributed by atoms with van der Waals surface area (Å²) in [4.78, 5) is 48.3. The number of nitrogens with zero attached hydrogens (tertiary/aromatic N) is 2. The lowest BCUT2D eigenvalue weighted by atomic mass is 10.1. The number of anilines is 1. The third-order valence-corrected chi connectivity index (χ3v) is 4.50. The van der Waals surface area contributed by atoms with Crippen molar-refractivity contribution in [3.05, 3.63) is 67.7 Å².